The Morgan fingerprint density at radius 3 is 1.94 bits per heavy atom. The van der Waals surface area contributed by atoms with Gasteiger partial charge in [-0.2, -0.15) is 0 Å². The van der Waals surface area contributed by atoms with Crippen LogP contribution in [0.2, 0.25) is 0 Å². The predicted molar refractivity (Wildman–Crippen MR) is 130 cm³/mol. The minimum absolute atomic E-state index is 0.237. The molecule has 0 saturated heterocycles. The summed E-state index contributed by atoms with van der Waals surface area (Å²) in [5.74, 6) is 0.0546. The van der Waals surface area contributed by atoms with E-state index in [1.807, 2.05) is 73.7 Å². The molecule has 0 spiro atoms. The fourth-order valence-corrected chi connectivity index (χ4v) is 1.90. The number of benzene rings is 2. The topological polar surface area (TPSA) is 61.8 Å². The van der Waals surface area contributed by atoms with Gasteiger partial charge in [-0.05, 0) is 31.0 Å². The number of ether oxygens (including phenoxy) is 3. The van der Waals surface area contributed by atoms with E-state index in [2.05, 4.69) is 24.5 Å². The second-order valence-corrected chi connectivity index (χ2v) is 6.42. The molecule has 0 aliphatic carbocycles. The lowest BCUT2D eigenvalue weighted by Gasteiger charge is -2.06. The summed E-state index contributed by atoms with van der Waals surface area (Å²) in [7, 11) is 0. The van der Waals surface area contributed by atoms with E-state index in [0.717, 1.165) is 18.6 Å². The third-order valence-electron chi connectivity index (χ3n) is 3.62. The zero-order chi connectivity index (χ0) is 24.0. The van der Waals surface area contributed by atoms with E-state index in [-0.39, 0.29) is 18.5 Å². The second-order valence-electron chi connectivity index (χ2n) is 6.42. The Bertz CT molecular complexity index is 797. The first-order valence-electron chi connectivity index (χ1n) is 10.4. The number of para-hydroxylation sites is 1. The Labute approximate surface area is 192 Å². The summed E-state index contributed by atoms with van der Waals surface area (Å²) in [6.45, 7) is 15.1. The number of carbonyl (C=O) groups excluding carboxylic acids is 2. The average Bonchev–Trinajstić information content (AvgIpc) is 2.83. The molecular weight excluding hydrogens is 404 g/mol. The van der Waals surface area contributed by atoms with Gasteiger partial charge in [0.25, 0.3) is 0 Å². The Morgan fingerprint density at radius 2 is 1.47 bits per heavy atom. The maximum Gasteiger partial charge on any atom is 0.333 e. The molecule has 172 valence electrons. The molecule has 0 atom stereocenters. The molecule has 0 radical (unpaired) electrons. The quantitative estimate of drug-likeness (QED) is 0.257. The van der Waals surface area contributed by atoms with Crippen molar-refractivity contribution in [2.75, 3.05) is 19.8 Å². The van der Waals surface area contributed by atoms with Crippen molar-refractivity contribution in [2.45, 2.75) is 26.7 Å². The Kier molecular flexibility index (Phi) is 17.2. The third kappa shape index (κ3) is 16.2. The van der Waals surface area contributed by atoms with Crippen LogP contribution in [0.3, 0.4) is 0 Å². The molecule has 0 fully saturated rings. The lowest BCUT2D eigenvalue weighted by Crippen LogP contribution is -2.12. The van der Waals surface area contributed by atoms with Crippen LogP contribution in [0.25, 0.3) is 6.08 Å². The van der Waals surface area contributed by atoms with Gasteiger partial charge < -0.3 is 14.2 Å². The van der Waals surface area contributed by atoms with Crippen molar-refractivity contribution in [2.24, 2.45) is 0 Å². The molecule has 0 bridgehead atoms. The van der Waals surface area contributed by atoms with Gasteiger partial charge in [0.1, 0.15) is 19.0 Å². The highest BCUT2D eigenvalue weighted by atomic mass is 16.6. The lowest BCUT2D eigenvalue weighted by atomic mass is 10.2. The van der Waals surface area contributed by atoms with Crippen LogP contribution in [0, 0.1) is 0 Å². The Balaban J connectivity index is 0.000000485. The standard InChI is InChI=1S/C12H14O3.C8H8.C7H12O2/c1-10(2)12(13)15-9-8-14-11-6-4-3-5-7-11;1-2-8-6-4-3-5-7-8;1-3-5-6-9-7(8)4-2/h3-7H,1,8-9H2,2H3;2-7H,1H2;4H,2-3,5-6H2,1H3. The van der Waals surface area contributed by atoms with Crippen LogP contribution < -0.4 is 4.74 Å². The summed E-state index contributed by atoms with van der Waals surface area (Å²) >= 11 is 0. The summed E-state index contributed by atoms with van der Waals surface area (Å²) in [6, 6.07) is 19.4. The summed E-state index contributed by atoms with van der Waals surface area (Å²) in [5, 5.41) is 0. The lowest BCUT2D eigenvalue weighted by molar-refractivity contribution is -0.140. The summed E-state index contributed by atoms with van der Waals surface area (Å²) in [4.78, 5) is 21.3. The molecule has 0 unspecified atom stereocenters. The zero-order valence-electron chi connectivity index (χ0n) is 19.1. The van der Waals surface area contributed by atoms with Crippen LogP contribution in [-0.4, -0.2) is 31.8 Å². The van der Waals surface area contributed by atoms with Crippen molar-refractivity contribution < 1.29 is 23.8 Å². The van der Waals surface area contributed by atoms with Gasteiger partial charge in [0.2, 0.25) is 0 Å². The van der Waals surface area contributed by atoms with Crippen LogP contribution in [0.15, 0.2) is 92.0 Å². The highest BCUT2D eigenvalue weighted by Crippen LogP contribution is 2.07. The monoisotopic (exact) mass is 438 g/mol. The van der Waals surface area contributed by atoms with Crippen molar-refractivity contribution in [3.05, 3.63) is 97.6 Å². The molecule has 2 rings (SSSR count). The average molecular weight is 439 g/mol. The fraction of sp³-hybridized carbons (Fsp3) is 0.259. The van der Waals surface area contributed by atoms with Gasteiger partial charge in [-0.1, -0.05) is 87.7 Å². The molecule has 5 nitrogen and oxygen atoms in total. The van der Waals surface area contributed by atoms with Gasteiger partial charge in [0, 0.05) is 11.6 Å². The van der Waals surface area contributed by atoms with Crippen molar-refractivity contribution in [3.63, 3.8) is 0 Å². The molecule has 2 aromatic carbocycles. The first-order valence-corrected chi connectivity index (χ1v) is 10.4. The van der Waals surface area contributed by atoms with Crippen molar-refractivity contribution >= 4 is 18.0 Å². The summed E-state index contributed by atoms with van der Waals surface area (Å²) in [5.41, 5.74) is 1.57. The van der Waals surface area contributed by atoms with Crippen molar-refractivity contribution in [3.8, 4) is 5.75 Å². The third-order valence-corrected chi connectivity index (χ3v) is 3.62. The number of esters is 2. The molecular formula is C27H34O5. The van der Waals surface area contributed by atoms with Gasteiger partial charge in [-0.15, -0.1) is 0 Å². The van der Waals surface area contributed by atoms with Gasteiger partial charge in [0.05, 0.1) is 6.61 Å². The highest BCUT2D eigenvalue weighted by Gasteiger charge is 2.02. The van der Waals surface area contributed by atoms with E-state index in [0.29, 0.717) is 18.8 Å². The minimum atomic E-state index is -0.383. The van der Waals surface area contributed by atoms with E-state index in [4.69, 9.17) is 9.47 Å². The molecule has 0 amide bonds. The number of unbranched alkanes of at least 4 members (excludes halogenated alkanes) is 1. The largest absolute Gasteiger partial charge is 0.490 e. The highest BCUT2D eigenvalue weighted by molar-refractivity contribution is 5.86. The van der Waals surface area contributed by atoms with E-state index < -0.39 is 0 Å². The van der Waals surface area contributed by atoms with Gasteiger partial charge in [-0.3, -0.25) is 0 Å². The minimum Gasteiger partial charge on any atom is -0.490 e. The van der Waals surface area contributed by atoms with Gasteiger partial charge in [-0.25, -0.2) is 9.59 Å². The van der Waals surface area contributed by atoms with Crippen molar-refractivity contribution in [1.82, 2.24) is 0 Å². The number of hydrogen-bond acceptors (Lipinski definition) is 5. The van der Waals surface area contributed by atoms with Gasteiger partial charge in [0.15, 0.2) is 0 Å². The first kappa shape index (κ1) is 28.4. The SMILES string of the molecule is C=C(C)C(=O)OCCOc1ccccc1.C=CC(=O)OCCCC.C=Cc1ccccc1. The van der Waals surface area contributed by atoms with Crippen LogP contribution in [-0.2, 0) is 19.1 Å². The molecule has 0 aliphatic rings. The van der Waals surface area contributed by atoms with Crippen LogP contribution in [0.1, 0.15) is 32.3 Å². The van der Waals surface area contributed by atoms with E-state index in [9.17, 15) is 9.59 Å². The molecule has 0 aliphatic heterocycles. The first-order chi connectivity index (χ1) is 15.4. The molecule has 32 heavy (non-hydrogen) atoms. The Hall–Kier alpha value is -3.60. The number of rotatable bonds is 10. The zero-order valence-corrected chi connectivity index (χ0v) is 19.1. The Morgan fingerprint density at radius 1 is 0.875 bits per heavy atom. The predicted octanol–water partition coefficient (Wildman–Crippen LogP) is 6.03. The molecule has 0 heterocycles. The fourth-order valence-electron chi connectivity index (χ4n) is 1.90. The maximum absolute atomic E-state index is 11.0. The van der Waals surface area contributed by atoms with E-state index in [1.54, 1.807) is 6.92 Å². The molecule has 2 aromatic rings. The normalized spacial score (nSPS) is 8.94. The molecule has 5 heteroatoms. The number of carbonyl (C=O) groups is 2. The molecule has 0 aromatic heterocycles. The van der Waals surface area contributed by atoms with Crippen molar-refractivity contribution in [1.29, 1.82) is 0 Å². The van der Waals surface area contributed by atoms with E-state index in [1.165, 1.54) is 11.6 Å². The number of hydrogen-bond donors (Lipinski definition) is 0. The maximum atomic E-state index is 11.0. The van der Waals surface area contributed by atoms with Crippen LogP contribution in [0.5, 0.6) is 5.75 Å². The summed E-state index contributed by atoms with van der Waals surface area (Å²) < 4.78 is 14.9. The summed E-state index contributed by atoms with van der Waals surface area (Å²) in [6.07, 6.45) is 4.99. The molecule has 0 N–H and O–H groups in total. The van der Waals surface area contributed by atoms with Crippen LogP contribution in [0.4, 0.5) is 0 Å². The van der Waals surface area contributed by atoms with Crippen LogP contribution >= 0.6 is 0 Å². The second kappa shape index (κ2) is 19.4. The van der Waals surface area contributed by atoms with Gasteiger partial charge >= 0.3 is 11.9 Å². The molecule has 0 saturated carbocycles. The van der Waals surface area contributed by atoms with E-state index >= 15 is 0 Å². The smallest absolute Gasteiger partial charge is 0.333 e.